The van der Waals surface area contributed by atoms with Gasteiger partial charge in [0.05, 0.1) is 5.92 Å². The van der Waals surface area contributed by atoms with Gasteiger partial charge in [-0.3, -0.25) is 0 Å². The van der Waals surface area contributed by atoms with Gasteiger partial charge in [0.1, 0.15) is 7.05 Å². The normalized spacial score (nSPS) is 17.7. The summed E-state index contributed by atoms with van der Waals surface area (Å²) in [6.45, 7) is 2.27. The van der Waals surface area contributed by atoms with Gasteiger partial charge in [0.15, 0.2) is 32.5 Å². The molecule has 1 rings (SSSR count). The van der Waals surface area contributed by atoms with Gasteiger partial charge in [-0.25, -0.2) is 21.4 Å². The van der Waals surface area contributed by atoms with E-state index in [9.17, 15) is 43.2 Å². The Morgan fingerprint density at radius 2 is 1.31 bits per heavy atom. The first-order valence-corrected chi connectivity index (χ1v) is 11.5. The van der Waals surface area contributed by atoms with Crippen molar-refractivity contribution in [1.29, 1.82) is 0 Å². The van der Waals surface area contributed by atoms with Crippen LogP contribution in [0.15, 0.2) is 12.3 Å². The van der Waals surface area contributed by atoms with E-state index >= 15 is 0 Å². The number of halogens is 6. The van der Waals surface area contributed by atoms with Gasteiger partial charge >= 0.3 is 11.0 Å². The van der Waals surface area contributed by atoms with E-state index in [0.717, 1.165) is 4.13 Å². The van der Waals surface area contributed by atoms with Crippen LogP contribution in [0.5, 0.6) is 0 Å². The van der Waals surface area contributed by atoms with Crippen LogP contribution >= 0.6 is 0 Å². The summed E-state index contributed by atoms with van der Waals surface area (Å²) in [6.07, 6.45) is 16.6. The van der Waals surface area contributed by atoms with E-state index in [-0.39, 0.29) is 0 Å². The number of allylic oxidation sites excluding steroid dienone is 1. The van der Waals surface area contributed by atoms with Crippen LogP contribution in [0.4, 0.5) is 26.3 Å². The van der Waals surface area contributed by atoms with Crippen molar-refractivity contribution in [3.8, 4) is 0 Å². The minimum absolute atomic E-state index is 0.714. The van der Waals surface area contributed by atoms with Crippen molar-refractivity contribution in [1.82, 2.24) is 0 Å². The fourth-order valence-electron chi connectivity index (χ4n) is 2.19. The molecule has 14 heteroatoms. The molecule has 6 nitrogen and oxygen atoms in total. The highest BCUT2D eigenvalue weighted by Crippen LogP contribution is 2.36. The maximum Gasteiger partial charge on any atom is 0.480 e. The lowest BCUT2D eigenvalue weighted by Gasteiger charge is -2.22. The van der Waals surface area contributed by atoms with Gasteiger partial charge in [0.2, 0.25) is 0 Å². The van der Waals surface area contributed by atoms with Crippen molar-refractivity contribution in [3.05, 3.63) is 16.4 Å². The molecule has 0 spiro atoms. The maximum atomic E-state index is 11.4. The summed E-state index contributed by atoms with van der Waals surface area (Å²) in [4.78, 5) is 0. The van der Waals surface area contributed by atoms with Gasteiger partial charge in [-0.2, -0.15) is 26.3 Å². The standard InChI is InChI=1S/C13H24N.C2F6NO4S2/c1-3-4-5-6-7-8-9-13-10-11-14(2)12-13;3-1(4,5)14(10,11)9-15(12,13)2(6,7)8/h10-13H,3-9H2,1-2H3;/q+1;-1. The van der Waals surface area contributed by atoms with Gasteiger partial charge in [0.25, 0.3) is 0 Å². The molecule has 0 saturated heterocycles. The molecule has 0 aliphatic carbocycles. The SMILES string of the molecule is CCCCCCCCC1C=C[N+](C)=C1.O=S(=O)([N-]S(=O)(=O)C(F)(F)F)C(F)(F)F. The molecule has 1 aliphatic heterocycles. The molecule has 1 atom stereocenters. The van der Waals surface area contributed by atoms with E-state index in [0.29, 0.717) is 5.92 Å². The summed E-state index contributed by atoms with van der Waals surface area (Å²) in [5.74, 6) is 0.714. The van der Waals surface area contributed by atoms with E-state index in [1.54, 1.807) is 0 Å². The molecular formula is C15H24F6N2O4S2. The highest BCUT2D eigenvalue weighted by molar-refractivity contribution is 8.13. The minimum atomic E-state index is -6.72. The molecule has 172 valence electrons. The summed E-state index contributed by atoms with van der Waals surface area (Å²) in [7, 11) is -11.3. The fourth-order valence-corrected chi connectivity index (χ4v) is 3.90. The Kier molecular flexibility index (Phi) is 10.9. The second kappa shape index (κ2) is 11.3. The second-order valence-corrected chi connectivity index (χ2v) is 9.71. The van der Waals surface area contributed by atoms with Gasteiger partial charge in [-0.1, -0.05) is 45.4 Å². The van der Waals surface area contributed by atoms with Crippen LogP contribution in [0.3, 0.4) is 0 Å². The first-order valence-electron chi connectivity index (χ1n) is 8.65. The maximum absolute atomic E-state index is 11.4. The Hall–Kier alpha value is -1.15. The molecule has 1 aliphatic rings. The number of nitrogens with zero attached hydrogens (tertiary/aromatic N) is 2. The molecule has 1 heterocycles. The van der Waals surface area contributed by atoms with E-state index in [1.165, 1.54) is 44.9 Å². The first kappa shape index (κ1) is 27.8. The number of unbranched alkanes of at least 4 members (excludes halogenated alkanes) is 5. The van der Waals surface area contributed by atoms with Crippen molar-refractivity contribution in [3.63, 3.8) is 0 Å². The second-order valence-electron chi connectivity index (χ2n) is 6.29. The molecule has 0 fully saturated rings. The summed E-state index contributed by atoms with van der Waals surface area (Å²) in [5, 5.41) is 0. The Balaban J connectivity index is 0.000000541. The predicted molar refractivity (Wildman–Crippen MR) is 96.2 cm³/mol. The topological polar surface area (TPSA) is 85.4 Å². The molecule has 29 heavy (non-hydrogen) atoms. The summed E-state index contributed by atoms with van der Waals surface area (Å²) >= 11 is 0. The lowest BCUT2D eigenvalue weighted by atomic mass is 10.0. The Labute approximate surface area is 166 Å². The first-order chi connectivity index (χ1) is 13.0. The Bertz CT molecular complexity index is 730. The number of hydrogen-bond acceptors (Lipinski definition) is 4. The number of alkyl halides is 6. The van der Waals surface area contributed by atoms with Crippen LogP contribution < -0.4 is 0 Å². The lowest BCUT2D eigenvalue weighted by molar-refractivity contribution is -0.414. The van der Waals surface area contributed by atoms with Crippen LogP contribution in [-0.2, 0) is 20.0 Å². The van der Waals surface area contributed by atoms with E-state index in [4.69, 9.17) is 0 Å². The van der Waals surface area contributed by atoms with E-state index < -0.39 is 31.1 Å². The molecule has 0 aromatic rings. The summed E-state index contributed by atoms with van der Waals surface area (Å²) in [5.41, 5.74) is -12.4. The molecule has 0 amide bonds. The van der Waals surface area contributed by atoms with Crippen LogP contribution in [0.25, 0.3) is 4.13 Å². The monoisotopic (exact) mass is 474 g/mol. The third kappa shape index (κ3) is 10.4. The van der Waals surface area contributed by atoms with Crippen molar-refractivity contribution in [2.75, 3.05) is 7.05 Å². The zero-order chi connectivity index (χ0) is 22.9. The highest BCUT2D eigenvalue weighted by Gasteiger charge is 2.46. The molecule has 0 saturated carbocycles. The fraction of sp³-hybridized carbons (Fsp3) is 0.800. The molecule has 0 radical (unpaired) electrons. The van der Waals surface area contributed by atoms with Crippen LogP contribution in [-0.4, -0.2) is 45.7 Å². The molecular weight excluding hydrogens is 450 g/mol. The van der Waals surface area contributed by atoms with Crippen molar-refractivity contribution >= 4 is 26.3 Å². The molecule has 0 aromatic carbocycles. The van der Waals surface area contributed by atoms with E-state index in [2.05, 4.69) is 37.0 Å². The largest absolute Gasteiger partial charge is 0.480 e. The van der Waals surface area contributed by atoms with Crippen LogP contribution in [0.2, 0.25) is 0 Å². The minimum Gasteiger partial charge on any atom is -0.421 e. The molecule has 0 aromatic heterocycles. The third-order valence-corrected chi connectivity index (χ3v) is 6.41. The zero-order valence-corrected chi connectivity index (χ0v) is 17.5. The molecule has 0 bridgehead atoms. The molecule has 0 N–H and O–H groups in total. The predicted octanol–water partition coefficient (Wildman–Crippen LogP) is 4.65. The number of rotatable bonds is 9. The highest BCUT2D eigenvalue weighted by atomic mass is 32.3. The Morgan fingerprint density at radius 1 is 0.862 bits per heavy atom. The average Bonchev–Trinajstić information content (AvgIpc) is 2.93. The summed E-state index contributed by atoms with van der Waals surface area (Å²) in [6, 6.07) is 0. The van der Waals surface area contributed by atoms with Crippen LogP contribution in [0, 0.1) is 5.92 Å². The van der Waals surface area contributed by atoms with Crippen molar-refractivity contribution in [2.24, 2.45) is 5.92 Å². The van der Waals surface area contributed by atoms with Gasteiger partial charge in [-0.15, -0.1) is 0 Å². The number of hydrogen-bond donors (Lipinski definition) is 0. The van der Waals surface area contributed by atoms with Gasteiger partial charge in [0, 0.05) is 0 Å². The smallest absolute Gasteiger partial charge is 0.421 e. The Morgan fingerprint density at radius 3 is 1.69 bits per heavy atom. The third-order valence-electron chi connectivity index (χ3n) is 3.67. The lowest BCUT2D eigenvalue weighted by Crippen LogP contribution is -2.30. The van der Waals surface area contributed by atoms with Crippen molar-refractivity contribution < 1.29 is 47.8 Å². The van der Waals surface area contributed by atoms with Gasteiger partial charge in [-0.05, 0) is 12.5 Å². The van der Waals surface area contributed by atoms with Crippen molar-refractivity contribution in [2.45, 2.75) is 62.9 Å². The quantitative estimate of drug-likeness (QED) is 0.277. The van der Waals surface area contributed by atoms with E-state index in [1.807, 2.05) is 0 Å². The van der Waals surface area contributed by atoms with Crippen LogP contribution in [0.1, 0.15) is 51.9 Å². The summed E-state index contributed by atoms with van der Waals surface area (Å²) < 4.78 is 111. The molecule has 1 unspecified atom stereocenters. The van der Waals surface area contributed by atoms with Gasteiger partial charge < -0.3 is 4.13 Å². The number of sulfonamides is 2. The average molecular weight is 474 g/mol. The zero-order valence-electron chi connectivity index (χ0n) is 15.9.